The van der Waals surface area contributed by atoms with Crippen molar-refractivity contribution >= 4 is 17.2 Å². The van der Waals surface area contributed by atoms with Crippen molar-refractivity contribution in [2.45, 2.75) is 32.9 Å². The molecule has 5 heteroatoms. The van der Waals surface area contributed by atoms with Crippen LogP contribution < -0.4 is 0 Å². The third-order valence-corrected chi connectivity index (χ3v) is 4.05. The molecule has 1 unspecified atom stereocenters. The molecule has 0 saturated carbocycles. The second kappa shape index (κ2) is 5.14. The molecule has 17 heavy (non-hydrogen) atoms. The first-order valence-corrected chi connectivity index (χ1v) is 6.91. The van der Waals surface area contributed by atoms with Crippen LogP contribution in [0.1, 0.15) is 30.4 Å². The molecule has 0 N–H and O–H groups in total. The summed E-state index contributed by atoms with van der Waals surface area (Å²) in [5.74, 6) is 0.128. The largest absolute Gasteiger partial charge is 0.333 e. The van der Waals surface area contributed by atoms with Gasteiger partial charge in [0.2, 0.25) is 0 Å². The number of thiazole rings is 1. The maximum Gasteiger partial charge on any atom is 0.265 e. The first-order chi connectivity index (χ1) is 8.09. The average Bonchev–Trinajstić information content (AvgIpc) is 2.81. The lowest BCUT2D eigenvalue weighted by molar-refractivity contribution is 0.0430. The zero-order valence-electron chi connectivity index (χ0n) is 10.6. The molecule has 0 bridgehead atoms. The predicted octanol–water partition coefficient (Wildman–Crippen LogP) is 1.70. The lowest BCUT2D eigenvalue weighted by Gasteiger charge is -2.41. The molecule has 1 aromatic heterocycles. The van der Waals surface area contributed by atoms with Crippen molar-refractivity contribution in [2.24, 2.45) is 0 Å². The van der Waals surface area contributed by atoms with Gasteiger partial charge in [-0.25, -0.2) is 0 Å². The number of aromatic nitrogens is 1. The van der Waals surface area contributed by atoms with E-state index in [1.807, 2.05) is 4.90 Å². The van der Waals surface area contributed by atoms with E-state index in [0.717, 1.165) is 24.5 Å². The van der Waals surface area contributed by atoms with Gasteiger partial charge in [-0.05, 0) is 20.8 Å². The average molecular weight is 253 g/mol. The van der Waals surface area contributed by atoms with E-state index < -0.39 is 0 Å². The zero-order valence-corrected chi connectivity index (χ0v) is 11.4. The molecule has 1 atom stereocenters. The number of piperazine rings is 1. The Kier molecular flexibility index (Phi) is 3.79. The lowest BCUT2D eigenvalue weighted by Crippen LogP contribution is -2.55. The van der Waals surface area contributed by atoms with Crippen LogP contribution in [0.15, 0.2) is 11.7 Å². The Labute approximate surface area is 106 Å². The quantitative estimate of drug-likeness (QED) is 0.805. The highest BCUT2D eigenvalue weighted by Crippen LogP contribution is 2.17. The Balaban J connectivity index is 2.02. The van der Waals surface area contributed by atoms with Crippen LogP contribution in [0.5, 0.6) is 0 Å². The van der Waals surface area contributed by atoms with Crippen LogP contribution in [0.3, 0.4) is 0 Å². The minimum atomic E-state index is 0.128. The van der Waals surface area contributed by atoms with E-state index >= 15 is 0 Å². The van der Waals surface area contributed by atoms with Crippen molar-refractivity contribution < 1.29 is 4.79 Å². The van der Waals surface area contributed by atoms with Crippen LogP contribution >= 0.6 is 11.3 Å². The first-order valence-electron chi connectivity index (χ1n) is 6.03. The number of hydrogen-bond acceptors (Lipinski definition) is 4. The molecule has 4 nitrogen and oxygen atoms in total. The summed E-state index contributed by atoms with van der Waals surface area (Å²) >= 11 is 1.42. The number of hydrogen-bond donors (Lipinski definition) is 0. The molecule has 94 valence electrons. The molecule has 0 radical (unpaired) electrons. The second-order valence-corrected chi connectivity index (χ2v) is 5.69. The van der Waals surface area contributed by atoms with E-state index in [9.17, 15) is 4.79 Å². The summed E-state index contributed by atoms with van der Waals surface area (Å²) in [5, 5.41) is 0. The molecular formula is C12H19N3OS. The van der Waals surface area contributed by atoms with Gasteiger partial charge < -0.3 is 4.90 Å². The van der Waals surface area contributed by atoms with Crippen molar-refractivity contribution in [1.82, 2.24) is 14.8 Å². The minimum Gasteiger partial charge on any atom is -0.333 e. The van der Waals surface area contributed by atoms with Crippen LogP contribution in [-0.4, -0.2) is 52.4 Å². The highest BCUT2D eigenvalue weighted by atomic mass is 32.1. The lowest BCUT2D eigenvalue weighted by atomic mass is 10.1. The van der Waals surface area contributed by atoms with E-state index in [-0.39, 0.29) is 11.9 Å². The van der Waals surface area contributed by atoms with Gasteiger partial charge in [0.25, 0.3) is 5.91 Å². The summed E-state index contributed by atoms with van der Waals surface area (Å²) in [6, 6.07) is 0.832. The van der Waals surface area contributed by atoms with Crippen molar-refractivity contribution in [3.8, 4) is 0 Å². The molecular weight excluding hydrogens is 234 g/mol. The first kappa shape index (κ1) is 12.5. The van der Waals surface area contributed by atoms with Crippen LogP contribution in [0.2, 0.25) is 0 Å². The highest BCUT2D eigenvalue weighted by molar-refractivity contribution is 7.11. The van der Waals surface area contributed by atoms with Crippen molar-refractivity contribution in [2.75, 3.05) is 19.6 Å². The Bertz CT molecular complexity index is 377. The Morgan fingerprint density at radius 2 is 2.29 bits per heavy atom. The number of nitrogens with zero attached hydrogens (tertiary/aromatic N) is 3. The Hall–Kier alpha value is -0.940. The summed E-state index contributed by atoms with van der Waals surface area (Å²) in [5.41, 5.74) is 1.71. The van der Waals surface area contributed by atoms with Gasteiger partial charge in [0.1, 0.15) is 4.88 Å². The maximum absolute atomic E-state index is 12.2. The summed E-state index contributed by atoms with van der Waals surface area (Å²) in [4.78, 5) is 21.3. The second-order valence-electron chi connectivity index (χ2n) is 4.80. The normalized spacial score (nSPS) is 22.1. The third kappa shape index (κ3) is 2.66. The van der Waals surface area contributed by atoms with Crippen molar-refractivity contribution in [3.05, 3.63) is 16.6 Å². The molecule has 2 heterocycles. The molecule has 1 aliphatic heterocycles. The number of carbonyl (C=O) groups is 1. The van der Waals surface area contributed by atoms with Gasteiger partial charge in [-0.3, -0.25) is 14.7 Å². The smallest absolute Gasteiger partial charge is 0.265 e. The fourth-order valence-electron chi connectivity index (χ4n) is 2.22. The van der Waals surface area contributed by atoms with Gasteiger partial charge in [0, 0.05) is 31.7 Å². The van der Waals surface area contributed by atoms with Crippen LogP contribution in [0.25, 0.3) is 0 Å². The van der Waals surface area contributed by atoms with Crippen LogP contribution in [0, 0.1) is 0 Å². The van der Waals surface area contributed by atoms with E-state index in [1.165, 1.54) is 11.3 Å². The highest BCUT2D eigenvalue weighted by Gasteiger charge is 2.29. The van der Waals surface area contributed by atoms with Crippen molar-refractivity contribution in [3.63, 3.8) is 0 Å². The molecule has 0 aliphatic carbocycles. The molecule has 1 aliphatic rings. The third-order valence-electron chi connectivity index (χ3n) is 3.29. The molecule has 1 fully saturated rings. The zero-order chi connectivity index (χ0) is 12.4. The molecule has 2 rings (SSSR count). The SMILES string of the molecule is CC(C)N1CCN(C(=O)c2cncs2)C(C)C1. The Morgan fingerprint density at radius 3 is 2.82 bits per heavy atom. The summed E-state index contributed by atoms with van der Waals surface area (Å²) in [6.07, 6.45) is 1.66. The fraction of sp³-hybridized carbons (Fsp3) is 0.667. The van der Waals surface area contributed by atoms with Crippen LogP contribution in [-0.2, 0) is 0 Å². The van der Waals surface area contributed by atoms with E-state index in [1.54, 1.807) is 11.7 Å². The van der Waals surface area contributed by atoms with Gasteiger partial charge in [-0.2, -0.15) is 0 Å². The standard InChI is InChI=1S/C12H19N3OS/c1-9(2)14-4-5-15(10(3)7-14)12(16)11-6-13-8-17-11/h6,8-10H,4-5,7H2,1-3H3. The molecule has 0 aromatic carbocycles. The molecule has 1 saturated heterocycles. The van der Waals surface area contributed by atoms with Gasteiger partial charge in [0.15, 0.2) is 0 Å². The topological polar surface area (TPSA) is 36.4 Å². The number of carbonyl (C=O) groups excluding carboxylic acids is 1. The summed E-state index contributed by atoms with van der Waals surface area (Å²) in [6.45, 7) is 9.26. The van der Waals surface area contributed by atoms with E-state index in [4.69, 9.17) is 0 Å². The number of rotatable bonds is 2. The predicted molar refractivity (Wildman–Crippen MR) is 69.3 cm³/mol. The molecule has 1 aromatic rings. The molecule has 1 amide bonds. The monoisotopic (exact) mass is 253 g/mol. The van der Waals surface area contributed by atoms with E-state index in [2.05, 4.69) is 30.7 Å². The minimum absolute atomic E-state index is 0.128. The van der Waals surface area contributed by atoms with Gasteiger partial charge in [-0.1, -0.05) is 0 Å². The van der Waals surface area contributed by atoms with Gasteiger partial charge in [0.05, 0.1) is 11.7 Å². The van der Waals surface area contributed by atoms with Crippen LogP contribution in [0.4, 0.5) is 0 Å². The number of amides is 1. The van der Waals surface area contributed by atoms with E-state index in [0.29, 0.717) is 6.04 Å². The maximum atomic E-state index is 12.2. The van der Waals surface area contributed by atoms with Crippen molar-refractivity contribution in [1.29, 1.82) is 0 Å². The molecule has 0 spiro atoms. The fourth-order valence-corrected chi connectivity index (χ4v) is 2.79. The van der Waals surface area contributed by atoms with Gasteiger partial charge >= 0.3 is 0 Å². The summed E-state index contributed by atoms with van der Waals surface area (Å²) < 4.78 is 0. The Morgan fingerprint density at radius 1 is 1.53 bits per heavy atom. The summed E-state index contributed by atoms with van der Waals surface area (Å²) in [7, 11) is 0. The van der Waals surface area contributed by atoms with Gasteiger partial charge in [-0.15, -0.1) is 11.3 Å².